The number of carbonyl (C=O) groups is 1. The number of aryl methyl sites for hydroxylation is 1. The lowest BCUT2D eigenvalue weighted by Crippen LogP contribution is -2.18. The van der Waals surface area contributed by atoms with E-state index in [0.717, 1.165) is 10.9 Å². The highest BCUT2D eigenvalue weighted by Crippen LogP contribution is 2.40. The van der Waals surface area contributed by atoms with Crippen LogP contribution in [0.15, 0.2) is 48.7 Å². The quantitative estimate of drug-likeness (QED) is 0.425. The number of nitrogens with one attached hydrogen (secondary N) is 1. The van der Waals surface area contributed by atoms with Crippen LogP contribution in [0, 0.1) is 0 Å². The van der Waals surface area contributed by atoms with E-state index in [-0.39, 0.29) is 17.3 Å². The van der Waals surface area contributed by atoms with Crippen molar-refractivity contribution in [3.05, 3.63) is 65.5 Å². The number of nitrogens with zero attached hydrogens (tertiary/aromatic N) is 2. The van der Waals surface area contributed by atoms with Crippen molar-refractivity contribution in [2.75, 3.05) is 5.32 Å². The molecule has 0 aliphatic carbocycles. The van der Waals surface area contributed by atoms with Crippen LogP contribution in [0.3, 0.4) is 0 Å². The smallest absolute Gasteiger partial charge is 0.406 e. The molecular weight excluding hydrogens is 466 g/mol. The molecule has 0 saturated carbocycles. The zero-order valence-corrected chi connectivity index (χ0v) is 16.4. The predicted molar refractivity (Wildman–Crippen MR) is 99.7 cm³/mol. The standard InChI is InChI=1S/C20H13F8N3O2/c1-31-9-15(16(30-31)17(21)22)33-18(32)29-14-5-3-2-4-13(14)10-6-11(19(23,24)25)8-12(7-10)20(26,27)28/h2-9,17H,1H3,(H,29,32). The van der Waals surface area contributed by atoms with Gasteiger partial charge in [0.2, 0.25) is 0 Å². The molecule has 1 N–H and O–H groups in total. The van der Waals surface area contributed by atoms with Crippen LogP contribution in [0.2, 0.25) is 0 Å². The Morgan fingerprint density at radius 1 is 1.00 bits per heavy atom. The van der Waals surface area contributed by atoms with Crippen molar-refractivity contribution in [3.8, 4) is 16.9 Å². The maximum absolute atomic E-state index is 13.2. The summed E-state index contributed by atoms with van der Waals surface area (Å²) in [6.07, 6.45) is -13.5. The zero-order chi connectivity index (χ0) is 24.6. The number of aromatic nitrogens is 2. The number of halogens is 8. The highest BCUT2D eigenvalue weighted by molar-refractivity contribution is 5.92. The third kappa shape index (κ3) is 5.59. The van der Waals surface area contributed by atoms with E-state index in [1.54, 1.807) is 0 Å². The van der Waals surface area contributed by atoms with Crippen LogP contribution in [0.1, 0.15) is 23.2 Å². The average molecular weight is 479 g/mol. The number of alkyl halides is 8. The number of para-hydroxylation sites is 1. The van der Waals surface area contributed by atoms with Gasteiger partial charge in [-0.25, -0.2) is 13.6 Å². The molecule has 0 unspecified atom stereocenters. The maximum atomic E-state index is 13.2. The van der Waals surface area contributed by atoms with Gasteiger partial charge in [-0.05, 0) is 29.8 Å². The van der Waals surface area contributed by atoms with Crippen LogP contribution in [0.4, 0.5) is 45.6 Å². The molecule has 1 aromatic heterocycles. The molecule has 0 saturated heterocycles. The van der Waals surface area contributed by atoms with Gasteiger partial charge in [0.15, 0.2) is 11.4 Å². The Morgan fingerprint density at radius 2 is 1.58 bits per heavy atom. The van der Waals surface area contributed by atoms with E-state index in [0.29, 0.717) is 12.1 Å². The summed E-state index contributed by atoms with van der Waals surface area (Å²) in [6, 6.07) is 6.03. The lowest BCUT2D eigenvalue weighted by atomic mass is 9.98. The fourth-order valence-electron chi connectivity index (χ4n) is 2.90. The van der Waals surface area contributed by atoms with Crippen LogP contribution >= 0.6 is 0 Å². The molecule has 1 heterocycles. The molecule has 5 nitrogen and oxygen atoms in total. The van der Waals surface area contributed by atoms with Gasteiger partial charge < -0.3 is 4.74 Å². The largest absolute Gasteiger partial charge is 0.417 e. The summed E-state index contributed by atoms with van der Waals surface area (Å²) in [7, 11) is 1.30. The van der Waals surface area contributed by atoms with Gasteiger partial charge >= 0.3 is 18.4 Å². The summed E-state index contributed by atoms with van der Waals surface area (Å²) in [5, 5.41) is 5.59. The number of hydrogen-bond acceptors (Lipinski definition) is 3. The topological polar surface area (TPSA) is 56.1 Å². The highest BCUT2D eigenvalue weighted by atomic mass is 19.4. The number of hydrogen-bond donors (Lipinski definition) is 1. The second kappa shape index (κ2) is 8.71. The summed E-state index contributed by atoms with van der Waals surface area (Å²) in [4.78, 5) is 12.2. The molecule has 0 aliphatic heterocycles. The number of amides is 1. The minimum atomic E-state index is -5.07. The molecule has 0 radical (unpaired) electrons. The molecule has 0 spiro atoms. The van der Waals surface area contributed by atoms with Gasteiger partial charge in [-0.3, -0.25) is 10.00 Å². The number of anilines is 1. The van der Waals surface area contributed by atoms with Crippen molar-refractivity contribution >= 4 is 11.8 Å². The van der Waals surface area contributed by atoms with E-state index >= 15 is 0 Å². The molecule has 1 amide bonds. The SMILES string of the molecule is Cn1cc(OC(=O)Nc2ccccc2-c2cc(C(F)(F)F)cc(C(F)(F)F)c2)c(C(F)F)n1. The van der Waals surface area contributed by atoms with E-state index in [1.807, 2.05) is 0 Å². The van der Waals surface area contributed by atoms with Gasteiger partial charge in [0, 0.05) is 12.6 Å². The summed E-state index contributed by atoms with van der Waals surface area (Å²) in [5.41, 5.74) is -4.79. The van der Waals surface area contributed by atoms with E-state index < -0.39 is 53.0 Å². The minimum absolute atomic E-state index is 0.0257. The molecule has 176 valence electrons. The van der Waals surface area contributed by atoms with Crippen LogP contribution < -0.4 is 10.1 Å². The fraction of sp³-hybridized carbons (Fsp3) is 0.200. The average Bonchev–Trinajstić information content (AvgIpc) is 3.07. The molecule has 33 heavy (non-hydrogen) atoms. The van der Waals surface area contributed by atoms with Crippen LogP contribution in [-0.4, -0.2) is 15.9 Å². The molecule has 0 atom stereocenters. The van der Waals surface area contributed by atoms with Gasteiger partial charge in [-0.2, -0.15) is 31.4 Å². The third-order valence-electron chi connectivity index (χ3n) is 4.29. The lowest BCUT2D eigenvalue weighted by Gasteiger charge is -2.16. The molecule has 0 bridgehead atoms. The minimum Gasteiger partial charge on any atom is -0.406 e. The Balaban J connectivity index is 1.98. The van der Waals surface area contributed by atoms with Gasteiger partial charge in [0.05, 0.1) is 23.0 Å². The molecule has 0 fully saturated rings. The van der Waals surface area contributed by atoms with Crippen molar-refractivity contribution in [1.82, 2.24) is 9.78 Å². The normalized spacial score (nSPS) is 12.2. The lowest BCUT2D eigenvalue weighted by molar-refractivity contribution is -0.143. The first-order valence-electron chi connectivity index (χ1n) is 8.95. The Bertz CT molecular complexity index is 1140. The first-order valence-corrected chi connectivity index (χ1v) is 8.95. The van der Waals surface area contributed by atoms with Crippen molar-refractivity contribution in [2.45, 2.75) is 18.8 Å². The summed E-state index contributed by atoms with van der Waals surface area (Å²) in [6.45, 7) is 0. The molecule has 0 aliphatic rings. The fourth-order valence-corrected chi connectivity index (χ4v) is 2.90. The van der Waals surface area contributed by atoms with Crippen molar-refractivity contribution in [2.24, 2.45) is 7.05 Å². The number of rotatable bonds is 4. The van der Waals surface area contributed by atoms with Crippen LogP contribution in [0.5, 0.6) is 5.75 Å². The van der Waals surface area contributed by atoms with Gasteiger partial charge in [-0.15, -0.1) is 0 Å². The van der Waals surface area contributed by atoms with Crippen molar-refractivity contribution in [1.29, 1.82) is 0 Å². The monoisotopic (exact) mass is 479 g/mol. The number of ether oxygens (including phenoxy) is 1. The van der Waals surface area contributed by atoms with E-state index in [2.05, 4.69) is 10.4 Å². The summed E-state index contributed by atoms with van der Waals surface area (Å²) >= 11 is 0. The summed E-state index contributed by atoms with van der Waals surface area (Å²) < 4.78 is 111. The van der Waals surface area contributed by atoms with Crippen molar-refractivity contribution in [3.63, 3.8) is 0 Å². The number of carbonyl (C=O) groups excluding carboxylic acids is 1. The molecule has 13 heteroatoms. The van der Waals surface area contributed by atoms with E-state index in [9.17, 15) is 39.9 Å². The summed E-state index contributed by atoms with van der Waals surface area (Å²) in [5.74, 6) is -0.569. The van der Waals surface area contributed by atoms with E-state index in [1.165, 1.54) is 31.3 Å². The molecule has 2 aromatic carbocycles. The second-order valence-electron chi connectivity index (χ2n) is 6.71. The highest BCUT2D eigenvalue weighted by Gasteiger charge is 2.37. The van der Waals surface area contributed by atoms with Gasteiger partial charge in [0.25, 0.3) is 6.43 Å². The van der Waals surface area contributed by atoms with Crippen LogP contribution in [-0.2, 0) is 19.4 Å². The first kappa shape index (κ1) is 24.0. The zero-order valence-electron chi connectivity index (χ0n) is 16.4. The second-order valence-corrected chi connectivity index (χ2v) is 6.71. The molecule has 3 rings (SSSR count). The Labute approximate surface area is 180 Å². The Kier molecular flexibility index (Phi) is 6.34. The Hall–Kier alpha value is -3.64. The molecular formula is C20H13F8N3O2. The van der Waals surface area contributed by atoms with Gasteiger partial charge in [0.1, 0.15) is 0 Å². The van der Waals surface area contributed by atoms with Crippen molar-refractivity contribution < 1.29 is 44.7 Å². The van der Waals surface area contributed by atoms with Gasteiger partial charge in [-0.1, -0.05) is 18.2 Å². The number of benzene rings is 2. The first-order chi connectivity index (χ1) is 15.3. The van der Waals surface area contributed by atoms with E-state index in [4.69, 9.17) is 4.74 Å². The Morgan fingerprint density at radius 3 is 2.12 bits per heavy atom. The maximum Gasteiger partial charge on any atom is 0.417 e. The predicted octanol–water partition coefficient (Wildman–Crippen LogP) is 6.67. The van der Waals surface area contributed by atoms with Crippen LogP contribution in [0.25, 0.3) is 11.1 Å². The molecule has 3 aromatic rings. The third-order valence-corrected chi connectivity index (χ3v) is 4.29.